The molecule has 8 heteroatoms. The van der Waals surface area contributed by atoms with E-state index in [1.807, 2.05) is 24.3 Å². The van der Waals surface area contributed by atoms with E-state index in [2.05, 4.69) is 34.6 Å². The molecule has 7 nitrogen and oxygen atoms in total. The average Bonchev–Trinajstić information content (AvgIpc) is 3.10. The number of hydrogen-bond acceptors (Lipinski definition) is 5. The first-order valence-electron chi connectivity index (χ1n) is 9.60. The van der Waals surface area contributed by atoms with E-state index in [9.17, 15) is 14.9 Å². The van der Waals surface area contributed by atoms with E-state index in [1.54, 1.807) is 12.2 Å². The van der Waals surface area contributed by atoms with E-state index < -0.39 is 11.0 Å². The van der Waals surface area contributed by atoms with Crippen LogP contribution in [-0.2, 0) is 4.74 Å². The van der Waals surface area contributed by atoms with Crippen LogP contribution in [0.1, 0.15) is 22.6 Å². The predicted octanol–water partition coefficient (Wildman–Crippen LogP) is 5.20. The Kier molecular flexibility index (Phi) is 5.95. The Labute approximate surface area is 183 Å². The van der Waals surface area contributed by atoms with Crippen LogP contribution in [0.4, 0.5) is 10.5 Å². The Morgan fingerprint density at radius 3 is 2.45 bits per heavy atom. The van der Waals surface area contributed by atoms with Crippen LogP contribution in [-0.4, -0.2) is 29.2 Å². The first-order valence-corrected chi connectivity index (χ1v) is 9.97. The van der Waals surface area contributed by atoms with Crippen molar-refractivity contribution in [2.75, 3.05) is 13.2 Å². The minimum atomic E-state index is -0.596. The maximum atomic E-state index is 12.1. The monoisotopic (exact) mass is 435 g/mol. The van der Waals surface area contributed by atoms with Gasteiger partial charge in [-0.25, -0.2) is 9.78 Å². The van der Waals surface area contributed by atoms with Gasteiger partial charge in [0.05, 0.1) is 4.92 Å². The Hall–Kier alpha value is -3.71. The van der Waals surface area contributed by atoms with Crippen molar-refractivity contribution in [2.24, 2.45) is 0 Å². The van der Waals surface area contributed by atoms with Crippen LogP contribution in [0, 0.1) is 10.1 Å². The number of amides is 1. The zero-order chi connectivity index (χ0) is 21.8. The van der Waals surface area contributed by atoms with Crippen LogP contribution < -0.4 is 5.32 Å². The lowest BCUT2D eigenvalue weighted by molar-refractivity contribution is -0.385. The first-order chi connectivity index (χ1) is 15.0. The van der Waals surface area contributed by atoms with Gasteiger partial charge in [0, 0.05) is 24.7 Å². The molecule has 1 amide bonds. The normalized spacial score (nSPS) is 12.4. The molecule has 1 aromatic heterocycles. The fourth-order valence-corrected chi connectivity index (χ4v) is 3.83. The lowest BCUT2D eigenvalue weighted by atomic mass is 9.98. The summed E-state index contributed by atoms with van der Waals surface area (Å²) in [5.41, 5.74) is 4.86. The van der Waals surface area contributed by atoms with Gasteiger partial charge in [-0.15, -0.1) is 0 Å². The molecule has 0 saturated carbocycles. The topological polar surface area (TPSA) is 94.4 Å². The third-order valence-corrected chi connectivity index (χ3v) is 5.35. The minimum Gasteiger partial charge on any atom is -0.449 e. The second kappa shape index (κ2) is 8.97. The molecular weight excluding hydrogens is 418 g/mol. The summed E-state index contributed by atoms with van der Waals surface area (Å²) in [5.74, 6) is -0.00520. The number of fused-ring (bicyclic) bond motifs is 3. The van der Waals surface area contributed by atoms with E-state index in [-0.39, 0.29) is 29.9 Å². The zero-order valence-electron chi connectivity index (χ0n) is 16.3. The second-order valence-corrected chi connectivity index (χ2v) is 7.30. The molecule has 0 unspecified atom stereocenters. The number of nitrogens with one attached hydrogen (secondary N) is 1. The number of ether oxygens (including phenoxy) is 1. The molecule has 0 saturated heterocycles. The fourth-order valence-electron chi connectivity index (χ4n) is 3.66. The van der Waals surface area contributed by atoms with Gasteiger partial charge in [0.2, 0.25) is 5.15 Å². The van der Waals surface area contributed by atoms with Gasteiger partial charge in [0.25, 0.3) is 0 Å². The highest BCUT2D eigenvalue weighted by atomic mass is 35.5. The molecule has 0 fully saturated rings. The van der Waals surface area contributed by atoms with Gasteiger partial charge in [0.1, 0.15) is 6.61 Å². The van der Waals surface area contributed by atoms with Crippen LogP contribution >= 0.6 is 11.6 Å². The summed E-state index contributed by atoms with van der Waals surface area (Å²) in [5, 5.41) is 13.4. The number of rotatable bonds is 6. The summed E-state index contributed by atoms with van der Waals surface area (Å²) in [6.07, 6.45) is 4.14. The van der Waals surface area contributed by atoms with Gasteiger partial charge in [-0.1, -0.05) is 72.3 Å². The highest BCUT2D eigenvalue weighted by Crippen LogP contribution is 2.44. The molecule has 0 aliphatic heterocycles. The number of carbonyl (C=O) groups is 1. The lowest BCUT2D eigenvalue weighted by Gasteiger charge is -2.14. The molecule has 0 radical (unpaired) electrons. The van der Waals surface area contributed by atoms with Gasteiger partial charge in [-0.2, -0.15) is 0 Å². The Bertz CT molecular complexity index is 1130. The van der Waals surface area contributed by atoms with Crippen molar-refractivity contribution in [1.82, 2.24) is 10.3 Å². The van der Waals surface area contributed by atoms with Gasteiger partial charge in [-0.05, 0) is 27.8 Å². The standard InChI is InChI=1S/C23H18ClN3O4/c24-22-21(27(29)30)12-15(13-26-22)6-5-11-25-23(28)31-14-20-18-9-3-1-7-16(18)17-8-2-4-10-19(17)20/h1-10,12-13,20H,11,14H2,(H,25,28). The number of halogens is 1. The van der Waals surface area contributed by atoms with E-state index >= 15 is 0 Å². The van der Waals surface area contributed by atoms with E-state index in [0.29, 0.717) is 5.56 Å². The van der Waals surface area contributed by atoms with Crippen LogP contribution in [0.5, 0.6) is 0 Å². The maximum absolute atomic E-state index is 12.1. The maximum Gasteiger partial charge on any atom is 0.407 e. The minimum absolute atomic E-state index is 0.00520. The molecule has 0 atom stereocenters. The van der Waals surface area contributed by atoms with E-state index in [0.717, 1.165) is 11.1 Å². The number of benzene rings is 2. The predicted molar refractivity (Wildman–Crippen MR) is 118 cm³/mol. The number of nitrogens with zero attached hydrogens (tertiary/aromatic N) is 2. The summed E-state index contributed by atoms with van der Waals surface area (Å²) in [6.45, 7) is 0.434. The summed E-state index contributed by atoms with van der Waals surface area (Å²) in [6, 6.07) is 17.6. The van der Waals surface area contributed by atoms with Gasteiger partial charge in [-0.3, -0.25) is 10.1 Å². The molecule has 2 aromatic carbocycles. The second-order valence-electron chi connectivity index (χ2n) is 6.94. The van der Waals surface area contributed by atoms with Crippen molar-refractivity contribution < 1.29 is 14.5 Å². The number of nitro groups is 1. The smallest absolute Gasteiger partial charge is 0.407 e. The van der Waals surface area contributed by atoms with Crippen molar-refractivity contribution in [3.63, 3.8) is 0 Å². The third kappa shape index (κ3) is 4.41. The largest absolute Gasteiger partial charge is 0.449 e. The van der Waals surface area contributed by atoms with Gasteiger partial charge < -0.3 is 10.1 Å². The van der Waals surface area contributed by atoms with Crippen LogP contribution in [0.15, 0.2) is 66.9 Å². The molecular formula is C23H18ClN3O4. The summed E-state index contributed by atoms with van der Waals surface area (Å²) < 4.78 is 5.46. The number of alkyl carbamates (subject to hydrolysis) is 1. The molecule has 1 N–H and O–H groups in total. The number of aromatic nitrogens is 1. The number of pyridine rings is 1. The molecule has 31 heavy (non-hydrogen) atoms. The Morgan fingerprint density at radius 1 is 1.16 bits per heavy atom. The third-order valence-electron chi connectivity index (χ3n) is 5.06. The summed E-state index contributed by atoms with van der Waals surface area (Å²) in [4.78, 5) is 26.2. The highest BCUT2D eigenvalue weighted by molar-refractivity contribution is 6.31. The zero-order valence-corrected chi connectivity index (χ0v) is 17.1. The van der Waals surface area contributed by atoms with Crippen LogP contribution in [0.2, 0.25) is 5.15 Å². The van der Waals surface area contributed by atoms with Crippen molar-refractivity contribution in [3.05, 3.63) is 98.8 Å². The Balaban J connectivity index is 1.33. The van der Waals surface area contributed by atoms with E-state index in [1.165, 1.54) is 23.4 Å². The number of hydrogen-bond donors (Lipinski definition) is 1. The molecule has 1 aliphatic carbocycles. The van der Waals surface area contributed by atoms with Crippen molar-refractivity contribution in [2.45, 2.75) is 5.92 Å². The van der Waals surface area contributed by atoms with Crippen molar-refractivity contribution in [3.8, 4) is 11.1 Å². The van der Waals surface area contributed by atoms with Crippen molar-refractivity contribution >= 4 is 29.5 Å². The fraction of sp³-hybridized carbons (Fsp3) is 0.130. The summed E-state index contributed by atoms with van der Waals surface area (Å²) in [7, 11) is 0. The van der Waals surface area contributed by atoms with Gasteiger partial charge >= 0.3 is 11.8 Å². The van der Waals surface area contributed by atoms with Crippen molar-refractivity contribution in [1.29, 1.82) is 0 Å². The first kappa shape index (κ1) is 20.6. The average molecular weight is 436 g/mol. The molecule has 4 rings (SSSR count). The Morgan fingerprint density at radius 2 is 1.81 bits per heavy atom. The molecule has 3 aromatic rings. The SMILES string of the molecule is O=C(NCC=Cc1cnc(Cl)c([N+](=O)[O-])c1)OCC1c2ccccc2-c2ccccc21. The summed E-state index contributed by atoms with van der Waals surface area (Å²) >= 11 is 5.70. The van der Waals surface area contributed by atoms with E-state index in [4.69, 9.17) is 16.3 Å². The quantitative estimate of drug-likeness (QED) is 0.326. The molecule has 0 spiro atoms. The van der Waals surface area contributed by atoms with Gasteiger partial charge in [0.15, 0.2) is 0 Å². The number of carbonyl (C=O) groups excluding carboxylic acids is 1. The van der Waals surface area contributed by atoms with Crippen LogP contribution in [0.3, 0.4) is 0 Å². The molecule has 1 aliphatic rings. The highest BCUT2D eigenvalue weighted by Gasteiger charge is 2.28. The van der Waals surface area contributed by atoms with Crippen LogP contribution in [0.25, 0.3) is 17.2 Å². The molecule has 156 valence electrons. The molecule has 1 heterocycles. The molecule has 0 bridgehead atoms. The lowest BCUT2D eigenvalue weighted by Crippen LogP contribution is -2.26.